The second kappa shape index (κ2) is 6.31. The van der Waals surface area contributed by atoms with E-state index >= 15 is 0 Å². The van der Waals surface area contributed by atoms with E-state index in [1.807, 2.05) is 6.07 Å². The number of phenols is 1. The van der Waals surface area contributed by atoms with Crippen LogP contribution < -0.4 is 14.2 Å². The van der Waals surface area contributed by atoms with Gasteiger partial charge in [-0.05, 0) is 48.2 Å². The van der Waals surface area contributed by atoms with Gasteiger partial charge in [0.15, 0.2) is 11.5 Å². The third-order valence-corrected chi connectivity index (χ3v) is 4.25. The second-order valence-electron chi connectivity index (χ2n) is 5.46. The Hall–Kier alpha value is -2.89. The smallest absolute Gasteiger partial charge is 0.203 e. The third-order valence-electron chi connectivity index (χ3n) is 4.25. The van der Waals surface area contributed by atoms with E-state index in [0.717, 1.165) is 16.7 Å². The van der Waals surface area contributed by atoms with Crippen molar-refractivity contribution in [3.05, 3.63) is 35.4 Å². The number of oxime groups is 1. The number of aromatic hydroxyl groups is 1. The van der Waals surface area contributed by atoms with Crippen LogP contribution in [0.2, 0.25) is 0 Å². The lowest BCUT2D eigenvalue weighted by Gasteiger charge is -2.19. The van der Waals surface area contributed by atoms with Crippen molar-refractivity contribution in [2.45, 2.75) is 12.8 Å². The molecule has 0 bridgehead atoms. The highest BCUT2D eigenvalue weighted by Crippen LogP contribution is 2.49. The summed E-state index contributed by atoms with van der Waals surface area (Å²) in [4.78, 5) is 0. The van der Waals surface area contributed by atoms with Gasteiger partial charge in [-0.25, -0.2) is 0 Å². The molecule has 1 aliphatic rings. The average molecular weight is 329 g/mol. The van der Waals surface area contributed by atoms with Crippen LogP contribution >= 0.6 is 0 Å². The van der Waals surface area contributed by atoms with E-state index in [-0.39, 0.29) is 5.75 Å². The zero-order chi connectivity index (χ0) is 17.3. The van der Waals surface area contributed by atoms with E-state index in [0.29, 0.717) is 41.4 Å². The summed E-state index contributed by atoms with van der Waals surface area (Å²) in [5, 5.41) is 22.6. The molecule has 3 rings (SSSR count). The van der Waals surface area contributed by atoms with Crippen molar-refractivity contribution in [3.8, 4) is 34.1 Å². The lowest BCUT2D eigenvalue weighted by molar-refractivity contribution is 0.318. The summed E-state index contributed by atoms with van der Waals surface area (Å²) >= 11 is 0. The van der Waals surface area contributed by atoms with E-state index in [2.05, 4.69) is 5.16 Å². The largest absolute Gasteiger partial charge is 0.508 e. The van der Waals surface area contributed by atoms with Crippen LogP contribution in [0.4, 0.5) is 0 Å². The average Bonchev–Trinajstić information content (AvgIpc) is 2.75. The summed E-state index contributed by atoms with van der Waals surface area (Å²) in [7, 11) is 4.71. The first-order valence-electron chi connectivity index (χ1n) is 7.51. The molecule has 0 spiro atoms. The Kier molecular flexibility index (Phi) is 4.20. The van der Waals surface area contributed by atoms with Crippen molar-refractivity contribution in [2.75, 3.05) is 21.3 Å². The molecule has 2 aromatic carbocycles. The molecule has 0 aliphatic heterocycles. The maximum absolute atomic E-state index is 9.84. The predicted molar refractivity (Wildman–Crippen MR) is 89.8 cm³/mol. The number of fused-ring (bicyclic) bond motifs is 3. The lowest BCUT2D eigenvalue weighted by atomic mass is 9.94. The number of ether oxygens (including phenoxy) is 3. The van der Waals surface area contributed by atoms with Gasteiger partial charge in [-0.15, -0.1) is 0 Å². The Morgan fingerprint density at radius 2 is 1.67 bits per heavy atom. The highest BCUT2D eigenvalue weighted by Gasteiger charge is 2.27. The Bertz CT molecular complexity index is 814. The van der Waals surface area contributed by atoms with Crippen molar-refractivity contribution in [3.63, 3.8) is 0 Å². The van der Waals surface area contributed by atoms with Crippen molar-refractivity contribution in [1.82, 2.24) is 0 Å². The van der Waals surface area contributed by atoms with Crippen LogP contribution in [0, 0.1) is 0 Å². The molecule has 0 saturated carbocycles. The lowest BCUT2D eigenvalue weighted by Crippen LogP contribution is -2.01. The minimum atomic E-state index is 0.109. The molecular formula is C18H19NO5. The second-order valence-corrected chi connectivity index (χ2v) is 5.46. The van der Waals surface area contributed by atoms with Crippen LogP contribution in [0.15, 0.2) is 29.4 Å². The Labute approximate surface area is 139 Å². The molecule has 0 amide bonds. The molecule has 126 valence electrons. The fourth-order valence-corrected chi connectivity index (χ4v) is 3.18. The van der Waals surface area contributed by atoms with Crippen molar-refractivity contribution >= 4 is 5.71 Å². The van der Waals surface area contributed by atoms with Crippen LogP contribution in [0.5, 0.6) is 23.0 Å². The van der Waals surface area contributed by atoms with Crippen molar-refractivity contribution in [1.29, 1.82) is 0 Å². The van der Waals surface area contributed by atoms with E-state index < -0.39 is 0 Å². The number of phenolic OH excluding ortho intramolecular Hbond substituents is 1. The maximum atomic E-state index is 9.84. The Morgan fingerprint density at radius 1 is 0.917 bits per heavy atom. The molecule has 0 unspecified atom stereocenters. The summed E-state index contributed by atoms with van der Waals surface area (Å²) < 4.78 is 16.5. The van der Waals surface area contributed by atoms with Gasteiger partial charge < -0.3 is 24.5 Å². The molecular weight excluding hydrogens is 310 g/mol. The number of rotatable bonds is 3. The molecule has 0 saturated heterocycles. The quantitative estimate of drug-likeness (QED) is 0.667. The summed E-state index contributed by atoms with van der Waals surface area (Å²) in [6, 6.07) is 6.89. The number of methoxy groups -OCH3 is 3. The van der Waals surface area contributed by atoms with Crippen LogP contribution in [-0.2, 0) is 6.42 Å². The van der Waals surface area contributed by atoms with Gasteiger partial charge in [-0.2, -0.15) is 0 Å². The van der Waals surface area contributed by atoms with Gasteiger partial charge in [0.25, 0.3) is 0 Å². The minimum Gasteiger partial charge on any atom is -0.508 e. The molecule has 1 aliphatic carbocycles. The number of benzene rings is 2. The highest BCUT2D eigenvalue weighted by atomic mass is 16.5. The van der Waals surface area contributed by atoms with E-state index in [9.17, 15) is 10.3 Å². The SMILES string of the molecule is COc1cc2c(c(OC)c1OC)-c1ccc(O)cc1C(=NO)CC2. The van der Waals surface area contributed by atoms with E-state index in [4.69, 9.17) is 14.2 Å². The monoisotopic (exact) mass is 329 g/mol. The number of hydrogen-bond acceptors (Lipinski definition) is 6. The molecule has 0 atom stereocenters. The standard InChI is InChI=1S/C18H19NO5/c1-22-15-8-10-4-7-14(19-21)13-9-11(20)5-6-12(13)16(10)18(24-3)17(15)23-2/h5-6,8-9,20-21H,4,7H2,1-3H3. The first-order valence-corrected chi connectivity index (χ1v) is 7.51. The summed E-state index contributed by atoms with van der Waals surface area (Å²) in [5.74, 6) is 1.75. The molecule has 0 heterocycles. The number of hydrogen-bond donors (Lipinski definition) is 2. The molecule has 0 radical (unpaired) electrons. The van der Waals surface area contributed by atoms with Gasteiger partial charge in [0.2, 0.25) is 5.75 Å². The van der Waals surface area contributed by atoms with Gasteiger partial charge in [-0.3, -0.25) is 0 Å². The van der Waals surface area contributed by atoms with E-state index in [1.165, 1.54) is 0 Å². The minimum absolute atomic E-state index is 0.109. The summed E-state index contributed by atoms with van der Waals surface area (Å²) in [5.41, 5.74) is 3.84. The highest BCUT2D eigenvalue weighted by molar-refractivity contribution is 6.08. The van der Waals surface area contributed by atoms with Crippen LogP contribution in [-0.4, -0.2) is 37.4 Å². The number of nitrogens with zero attached hydrogens (tertiary/aromatic N) is 1. The van der Waals surface area contributed by atoms with Crippen molar-refractivity contribution in [2.24, 2.45) is 5.16 Å². The molecule has 6 nitrogen and oxygen atoms in total. The zero-order valence-electron chi connectivity index (χ0n) is 13.8. The van der Waals surface area contributed by atoms with Crippen LogP contribution in [0.3, 0.4) is 0 Å². The predicted octanol–water partition coefficient (Wildman–Crippen LogP) is 3.21. The van der Waals surface area contributed by atoms with Gasteiger partial charge >= 0.3 is 0 Å². The summed E-state index contributed by atoms with van der Waals surface area (Å²) in [6.45, 7) is 0. The molecule has 0 aromatic heterocycles. The van der Waals surface area contributed by atoms with Gasteiger partial charge in [0, 0.05) is 11.1 Å². The Morgan fingerprint density at radius 3 is 2.29 bits per heavy atom. The third kappa shape index (κ3) is 2.40. The molecule has 6 heteroatoms. The summed E-state index contributed by atoms with van der Waals surface area (Å²) in [6.07, 6.45) is 1.17. The van der Waals surface area contributed by atoms with Gasteiger partial charge in [0.05, 0.1) is 27.0 Å². The van der Waals surface area contributed by atoms with Crippen molar-refractivity contribution < 1.29 is 24.5 Å². The molecule has 24 heavy (non-hydrogen) atoms. The molecule has 2 aromatic rings. The van der Waals surface area contributed by atoms with Crippen LogP contribution in [0.1, 0.15) is 17.5 Å². The topological polar surface area (TPSA) is 80.5 Å². The zero-order valence-corrected chi connectivity index (χ0v) is 13.8. The Balaban J connectivity index is 2.40. The maximum Gasteiger partial charge on any atom is 0.203 e. The fraction of sp³-hybridized carbons (Fsp3) is 0.278. The first kappa shape index (κ1) is 16.0. The normalized spacial score (nSPS) is 14.5. The number of aryl methyl sites for hydroxylation is 1. The van der Waals surface area contributed by atoms with Crippen LogP contribution in [0.25, 0.3) is 11.1 Å². The fourth-order valence-electron chi connectivity index (χ4n) is 3.18. The first-order chi connectivity index (χ1) is 11.6. The molecule has 2 N–H and O–H groups in total. The van der Waals surface area contributed by atoms with Gasteiger partial charge in [-0.1, -0.05) is 5.16 Å². The molecule has 0 fully saturated rings. The van der Waals surface area contributed by atoms with Gasteiger partial charge in [0.1, 0.15) is 5.75 Å². The van der Waals surface area contributed by atoms with E-state index in [1.54, 1.807) is 39.5 Å².